The lowest BCUT2D eigenvalue weighted by molar-refractivity contribution is 0.595. The maximum atomic E-state index is 12.2. The minimum absolute atomic E-state index is 0.195. The van der Waals surface area contributed by atoms with Crippen molar-refractivity contribution in [3.63, 3.8) is 0 Å². The molecule has 1 rings (SSSR count). The van der Waals surface area contributed by atoms with Crippen LogP contribution in [0.2, 0.25) is 0 Å². The van der Waals surface area contributed by atoms with Gasteiger partial charge in [0, 0.05) is 0 Å². The maximum absolute atomic E-state index is 12.2. The van der Waals surface area contributed by atoms with Gasteiger partial charge in [0.15, 0.2) is 0 Å². The molecule has 1 N–H and O–H groups in total. The van der Waals surface area contributed by atoms with Gasteiger partial charge >= 0.3 is 0 Å². The molecule has 0 atom stereocenters. The highest BCUT2D eigenvalue weighted by Crippen LogP contribution is 2.07. The lowest BCUT2D eigenvalue weighted by atomic mass is 10.4. The van der Waals surface area contributed by atoms with Crippen molar-refractivity contribution < 1.29 is 12.8 Å². The Kier molecular flexibility index (Phi) is 1.92. The van der Waals surface area contributed by atoms with Crippen molar-refractivity contribution in [2.24, 2.45) is 0 Å². The molecular weight excluding hydrogens is 169 g/mol. The Morgan fingerprint density at radius 3 is 2.00 bits per heavy atom. The summed E-state index contributed by atoms with van der Waals surface area (Å²) in [6.07, 6.45) is 0. The highest BCUT2D eigenvalue weighted by Gasteiger charge is 2.06. The van der Waals surface area contributed by atoms with Gasteiger partial charge in [-0.3, -0.25) is 0 Å². The van der Waals surface area contributed by atoms with Gasteiger partial charge in [0.05, 0.1) is 4.90 Å². The van der Waals surface area contributed by atoms with Crippen LogP contribution in [0.15, 0.2) is 29.2 Å². The Balaban J connectivity index is 3.20. The number of hydrogen-bond acceptors (Lipinski definition) is 2. The number of nitrogens with one attached hydrogen (secondary N) is 1. The van der Waals surface area contributed by atoms with Crippen LogP contribution in [0.1, 0.15) is 0 Å². The first kappa shape index (κ1) is 8.16. The van der Waals surface area contributed by atoms with Crippen LogP contribution in [-0.2, 0) is 10.0 Å². The molecule has 0 aliphatic carbocycles. The van der Waals surface area contributed by atoms with Crippen molar-refractivity contribution in [1.29, 1.82) is 0 Å². The van der Waals surface area contributed by atoms with Gasteiger partial charge in [0.2, 0.25) is 0 Å². The number of rotatable bonds is 1. The van der Waals surface area contributed by atoms with Crippen LogP contribution >= 0.6 is 0 Å². The van der Waals surface area contributed by atoms with Gasteiger partial charge in [-0.15, -0.1) is 5.14 Å². The summed E-state index contributed by atoms with van der Waals surface area (Å²) in [5.74, 6) is -0.516. The third kappa shape index (κ3) is 1.99. The summed E-state index contributed by atoms with van der Waals surface area (Å²) in [6, 6.07) is 4.11. The van der Waals surface area contributed by atoms with E-state index in [1.807, 2.05) is 0 Å². The molecule has 0 aliphatic rings. The summed E-state index contributed by atoms with van der Waals surface area (Å²) in [7, 11) is -3.94. The molecule has 0 aliphatic heterocycles. The molecule has 1 radical (unpaired) electrons. The fourth-order valence-electron chi connectivity index (χ4n) is 0.614. The molecule has 1 aromatic rings. The predicted molar refractivity (Wildman–Crippen MR) is 36.7 cm³/mol. The van der Waals surface area contributed by atoms with Crippen LogP contribution in [0.4, 0.5) is 4.39 Å². The average Bonchev–Trinajstić information content (AvgIpc) is 1.86. The van der Waals surface area contributed by atoms with E-state index >= 15 is 0 Å². The molecule has 5 heteroatoms. The molecule has 0 amide bonds. The third-order valence-corrected chi connectivity index (χ3v) is 2.02. The van der Waals surface area contributed by atoms with E-state index in [0.29, 0.717) is 0 Å². The normalized spacial score (nSPS) is 11.5. The Labute approximate surface area is 63.7 Å². The van der Waals surface area contributed by atoms with Crippen molar-refractivity contribution in [2.45, 2.75) is 4.90 Å². The molecule has 59 valence electrons. The van der Waals surface area contributed by atoms with Crippen LogP contribution in [0.3, 0.4) is 0 Å². The molecule has 1 aromatic carbocycles. The zero-order valence-electron chi connectivity index (χ0n) is 5.41. The van der Waals surface area contributed by atoms with Gasteiger partial charge in [0.1, 0.15) is 5.82 Å². The molecule has 0 spiro atoms. The molecule has 0 unspecified atom stereocenters. The molecule has 11 heavy (non-hydrogen) atoms. The molecule has 0 aromatic heterocycles. The molecule has 3 nitrogen and oxygen atoms in total. The Bertz CT molecular complexity index is 343. The van der Waals surface area contributed by atoms with Gasteiger partial charge in [0.25, 0.3) is 10.0 Å². The fraction of sp³-hybridized carbons (Fsp3) is 0. The van der Waals surface area contributed by atoms with Gasteiger partial charge in [-0.25, -0.2) is 12.8 Å². The zero-order valence-corrected chi connectivity index (χ0v) is 6.23. The molecule has 0 saturated heterocycles. The standard InChI is InChI=1S/C6H5FNO2S/c7-5-1-3-6(4-2-5)11(8,9)10/h1-4,8H. The van der Waals surface area contributed by atoms with Gasteiger partial charge in [-0.2, -0.15) is 0 Å². The van der Waals surface area contributed by atoms with Crippen molar-refractivity contribution in [3.05, 3.63) is 30.1 Å². The molecule has 0 fully saturated rings. The second-order valence-corrected chi connectivity index (χ2v) is 3.44. The quantitative estimate of drug-likeness (QED) is 0.632. The minimum Gasteiger partial charge on any atom is -0.207 e. The van der Waals surface area contributed by atoms with E-state index in [4.69, 9.17) is 5.14 Å². The van der Waals surface area contributed by atoms with E-state index in [1.54, 1.807) is 0 Å². The van der Waals surface area contributed by atoms with Crippen molar-refractivity contribution in [2.75, 3.05) is 0 Å². The van der Waals surface area contributed by atoms with Crippen molar-refractivity contribution in [1.82, 2.24) is 5.14 Å². The van der Waals surface area contributed by atoms with Gasteiger partial charge < -0.3 is 0 Å². The van der Waals surface area contributed by atoms with Crippen molar-refractivity contribution >= 4 is 10.0 Å². The SMILES string of the molecule is [NH]S(=O)(=O)c1ccc(F)cc1. The summed E-state index contributed by atoms with van der Waals surface area (Å²) in [6.45, 7) is 0. The fourth-order valence-corrected chi connectivity index (χ4v) is 1.11. The van der Waals surface area contributed by atoms with E-state index in [2.05, 4.69) is 0 Å². The molecule has 0 heterocycles. The number of halogens is 1. The Morgan fingerprint density at radius 1 is 1.18 bits per heavy atom. The molecule has 0 bridgehead atoms. The number of benzene rings is 1. The topological polar surface area (TPSA) is 57.9 Å². The van der Waals surface area contributed by atoms with Crippen LogP contribution in [0, 0.1) is 5.82 Å². The van der Waals surface area contributed by atoms with Gasteiger partial charge in [-0.1, -0.05) is 0 Å². The highest BCUT2D eigenvalue weighted by atomic mass is 32.2. The lowest BCUT2D eigenvalue weighted by Crippen LogP contribution is -1.99. The highest BCUT2D eigenvalue weighted by molar-refractivity contribution is 7.88. The van der Waals surface area contributed by atoms with Crippen LogP contribution in [-0.4, -0.2) is 8.42 Å². The molecular formula is C6H5FNO2S. The number of sulfonamides is 1. The summed E-state index contributed by atoms with van der Waals surface area (Å²) in [5.41, 5.74) is 0. The Hall–Kier alpha value is -0.940. The zero-order chi connectivity index (χ0) is 8.48. The first-order chi connectivity index (χ1) is 5.00. The Morgan fingerprint density at radius 2 is 1.64 bits per heavy atom. The summed E-state index contributed by atoms with van der Waals surface area (Å²) >= 11 is 0. The first-order valence-corrected chi connectivity index (χ1v) is 4.24. The van der Waals surface area contributed by atoms with Gasteiger partial charge in [-0.05, 0) is 24.3 Å². The minimum atomic E-state index is -3.94. The largest absolute Gasteiger partial charge is 0.254 e. The molecule has 0 saturated carbocycles. The average molecular weight is 174 g/mol. The van der Waals surface area contributed by atoms with E-state index in [0.717, 1.165) is 24.3 Å². The van der Waals surface area contributed by atoms with E-state index < -0.39 is 15.8 Å². The summed E-state index contributed by atoms with van der Waals surface area (Å²) in [4.78, 5) is -0.195. The third-order valence-electron chi connectivity index (χ3n) is 1.12. The van der Waals surface area contributed by atoms with Crippen LogP contribution in [0.25, 0.3) is 0 Å². The van der Waals surface area contributed by atoms with Crippen LogP contribution < -0.4 is 5.14 Å². The number of hydrogen-bond donors (Lipinski definition) is 0. The van der Waals surface area contributed by atoms with E-state index in [-0.39, 0.29) is 4.90 Å². The predicted octanol–water partition coefficient (Wildman–Crippen LogP) is 0.797. The van der Waals surface area contributed by atoms with E-state index in [1.165, 1.54) is 0 Å². The first-order valence-electron chi connectivity index (χ1n) is 2.75. The monoisotopic (exact) mass is 174 g/mol. The second-order valence-electron chi connectivity index (χ2n) is 1.96. The van der Waals surface area contributed by atoms with E-state index in [9.17, 15) is 12.8 Å². The second kappa shape index (κ2) is 2.60. The lowest BCUT2D eigenvalue weighted by Gasteiger charge is -1.94. The summed E-state index contributed by atoms with van der Waals surface area (Å²) in [5, 5.41) is 6.59. The smallest absolute Gasteiger partial charge is 0.207 e. The summed E-state index contributed by atoms with van der Waals surface area (Å²) < 4.78 is 33.2. The van der Waals surface area contributed by atoms with Crippen molar-refractivity contribution in [3.8, 4) is 0 Å². The van der Waals surface area contributed by atoms with Crippen LogP contribution in [0.5, 0.6) is 0 Å². The maximum Gasteiger partial charge on any atom is 0.254 e.